The molecule has 1 aromatic carbocycles. The van der Waals surface area contributed by atoms with E-state index in [-0.39, 0.29) is 0 Å². The van der Waals surface area contributed by atoms with Gasteiger partial charge in [0.25, 0.3) is 0 Å². The van der Waals surface area contributed by atoms with Crippen molar-refractivity contribution in [3.63, 3.8) is 0 Å². The van der Waals surface area contributed by atoms with Crippen molar-refractivity contribution in [3.8, 4) is 0 Å². The summed E-state index contributed by atoms with van der Waals surface area (Å²) in [4.78, 5) is 16.1. The van der Waals surface area contributed by atoms with E-state index in [4.69, 9.17) is 23.2 Å². The fourth-order valence-electron chi connectivity index (χ4n) is 1.63. The number of hydrogen-bond acceptors (Lipinski definition) is 2. The highest BCUT2D eigenvalue weighted by atomic mass is 35.5. The number of hydrogen-bond donors (Lipinski definition) is 0. The highest BCUT2D eigenvalue weighted by Gasteiger charge is 2.36. The smallest absolute Gasteiger partial charge is 0.279 e. The maximum absolute atomic E-state index is 11.3. The van der Waals surface area contributed by atoms with Crippen LogP contribution in [0, 0.1) is 0 Å². The molecule has 1 aliphatic rings. The quantitative estimate of drug-likeness (QED) is 0.432. The second kappa shape index (κ2) is 4.07. The van der Waals surface area contributed by atoms with Crippen molar-refractivity contribution < 1.29 is 4.79 Å². The van der Waals surface area contributed by atoms with Gasteiger partial charge in [0.15, 0.2) is 5.00 Å². The van der Waals surface area contributed by atoms with Gasteiger partial charge in [0, 0.05) is 5.56 Å². The van der Waals surface area contributed by atoms with Gasteiger partial charge in [-0.3, -0.25) is 9.69 Å². The van der Waals surface area contributed by atoms with Crippen molar-refractivity contribution in [2.24, 2.45) is 4.99 Å². The third-order valence-corrected chi connectivity index (χ3v) is 2.69. The van der Waals surface area contributed by atoms with E-state index in [1.807, 2.05) is 30.3 Å². The Labute approximate surface area is 104 Å². The molecule has 0 spiro atoms. The fourth-order valence-corrected chi connectivity index (χ4v) is 1.97. The van der Waals surface area contributed by atoms with E-state index in [1.54, 1.807) is 6.92 Å². The lowest BCUT2D eigenvalue weighted by atomic mass is 10.2. The van der Waals surface area contributed by atoms with Gasteiger partial charge < -0.3 is 0 Å². The second-order valence-corrected chi connectivity index (χ2v) is 4.92. The Hall–Kier alpha value is -1.06. The highest BCUT2D eigenvalue weighted by molar-refractivity contribution is 6.64. The van der Waals surface area contributed by atoms with E-state index in [2.05, 4.69) is 4.99 Å². The van der Waals surface area contributed by atoms with Crippen molar-refractivity contribution in [2.45, 2.75) is 11.9 Å². The zero-order valence-corrected chi connectivity index (χ0v) is 10.2. The predicted octanol–water partition coefficient (Wildman–Crippen LogP) is 3.06. The summed E-state index contributed by atoms with van der Waals surface area (Å²) < 4.78 is 0. The summed E-state index contributed by atoms with van der Waals surface area (Å²) in [7, 11) is 0. The van der Waals surface area contributed by atoms with Gasteiger partial charge in [-0.05, 0) is 18.5 Å². The first kappa shape index (κ1) is 11.4. The normalized spacial score (nSPS) is 24.4. The van der Waals surface area contributed by atoms with Crippen LogP contribution < -0.4 is 0 Å². The minimum absolute atomic E-state index is 0.293. The third kappa shape index (κ3) is 2.20. The van der Waals surface area contributed by atoms with Crippen LogP contribution in [0.3, 0.4) is 0 Å². The molecule has 1 heterocycles. The Morgan fingerprint density at radius 2 is 2.06 bits per heavy atom. The van der Waals surface area contributed by atoms with Crippen LogP contribution in [0.4, 0.5) is 4.79 Å². The minimum atomic E-state index is -0.796. The number of carbonyl (C=O) groups excluding carboxylic acids is 1. The summed E-state index contributed by atoms with van der Waals surface area (Å²) in [5, 5.41) is -0.563. The summed E-state index contributed by atoms with van der Waals surface area (Å²) >= 11 is 11.6. The van der Waals surface area contributed by atoms with Gasteiger partial charge in [0.1, 0.15) is 5.84 Å². The van der Waals surface area contributed by atoms with Gasteiger partial charge in [-0.15, -0.1) is 0 Å². The van der Waals surface area contributed by atoms with Crippen LogP contribution in [-0.4, -0.2) is 27.6 Å². The lowest BCUT2D eigenvalue weighted by Crippen LogP contribution is -2.33. The molecule has 0 N–H and O–H groups in total. The SMILES string of the molecule is CC1(Cl)CN(C(=O)Cl)C(c2ccccc2)=N1. The van der Waals surface area contributed by atoms with E-state index in [0.29, 0.717) is 12.4 Å². The van der Waals surface area contributed by atoms with Crippen molar-refractivity contribution in [3.05, 3.63) is 35.9 Å². The molecular formula is C11H10Cl2N2O. The summed E-state index contributed by atoms with van der Waals surface area (Å²) in [5.41, 5.74) is 0.834. The summed E-state index contributed by atoms with van der Waals surface area (Å²) in [5.74, 6) is 0.526. The van der Waals surface area contributed by atoms with Crippen LogP contribution in [0.5, 0.6) is 0 Å². The van der Waals surface area contributed by atoms with Gasteiger partial charge in [-0.1, -0.05) is 41.9 Å². The molecule has 1 aromatic rings. The number of amides is 1. The number of halogens is 2. The predicted molar refractivity (Wildman–Crippen MR) is 65.2 cm³/mol. The van der Waals surface area contributed by atoms with Gasteiger partial charge in [0.2, 0.25) is 0 Å². The molecule has 0 saturated heterocycles. The molecule has 0 aliphatic carbocycles. The fraction of sp³-hybridized carbons (Fsp3) is 0.273. The lowest BCUT2D eigenvalue weighted by Gasteiger charge is -2.16. The average molecular weight is 257 g/mol. The van der Waals surface area contributed by atoms with Crippen molar-refractivity contribution in [1.82, 2.24) is 4.90 Å². The topological polar surface area (TPSA) is 32.7 Å². The van der Waals surface area contributed by atoms with E-state index in [9.17, 15) is 4.79 Å². The molecule has 1 amide bonds. The Morgan fingerprint density at radius 3 is 2.62 bits per heavy atom. The van der Waals surface area contributed by atoms with Gasteiger partial charge in [0.05, 0.1) is 6.54 Å². The molecule has 5 heteroatoms. The Balaban J connectivity index is 2.41. The van der Waals surface area contributed by atoms with Crippen LogP contribution in [0.15, 0.2) is 35.3 Å². The largest absolute Gasteiger partial charge is 0.322 e. The number of rotatable bonds is 1. The molecule has 0 radical (unpaired) electrons. The first-order valence-electron chi connectivity index (χ1n) is 4.81. The number of aliphatic imine (C=N–C) groups is 1. The Bertz CT molecular complexity index is 443. The molecule has 1 aliphatic heterocycles. The molecule has 84 valence electrons. The standard InChI is InChI=1S/C11H10Cl2N2O/c1-11(13)7-15(10(12)16)9(14-11)8-5-3-2-4-6-8/h2-6H,7H2,1H3. The van der Waals surface area contributed by atoms with Crippen LogP contribution >= 0.6 is 23.2 Å². The summed E-state index contributed by atoms with van der Waals surface area (Å²) in [6.45, 7) is 2.04. The summed E-state index contributed by atoms with van der Waals surface area (Å²) in [6.07, 6.45) is 0. The molecule has 0 fully saturated rings. The van der Waals surface area contributed by atoms with E-state index >= 15 is 0 Å². The number of amidine groups is 1. The number of alkyl halides is 1. The lowest BCUT2D eigenvalue weighted by molar-refractivity contribution is 0.243. The van der Waals surface area contributed by atoms with Crippen LogP contribution in [0.2, 0.25) is 0 Å². The van der Waals surface area contributed by atoms with Gasteiger partial charge in [-0.25, -0.2) is 4.99 Å². The first-order chi connectivity index (χ1) is 7.49. The second-order valence-electron chi connectivity index (χ2n) is 3.78. The first-order valence-corrected chi connectivity index (χ1v) is 5.56. The maximum Gasteiger partial charge on any atom is 0.322 e. The van der Waals surface area contributed by atoms with Crippen LogP contribution in [0.25, 0.3) is 0 Å². The van der Waals surface area contributed by atoms with Crippen molar-refractivity contribution >= 4 is 34.4 Å². The third-order valence-electron chi connectivity index (χ3n) is 2.29. The Kier molecular flexibility index (Phi) is 2.91. The molecule has 0 aromatic heterocycles. The number of carbonyl (C=O) groups is 1. The highest BCUT2D eigenvalue weighted by Crippen LogP contribution is 2.28. The van der Waals surface area contributed by atoms with Gasteiger partial charge >= 0.3 is 5.37 Å². The van der Waals surface area contributed by atoms with E-state index in [0.717, 1.165) is 5.56 Å². The van der Waals surface area contributed by atoms with Gasteiger partial charge in [-0.2, -0.15) is 0 Å². The molecule has 0 bridgehead atoms. The van der Waals surface area contributed by atoms with E-state index < -0.39 is 10.4 Å². The molecule has 3 nitrogen and oxygen atoms in total. The molecule has 0 saturated carbocycles. The van der Waals surface area contributed by atoms with Crippen molar-refractivity contribution in [1.29, 1.82) is 0 Å². The average Bonchev–Trinajstić information content (AvgIpc) is 2.56. The number of benzene rings is 1. The monoisotopic (exact) mass is 256 g/mol. The zero-order chi connectivity index (χ0) is 11.8. The molecular weight excluding hydrogens is 247 g/mol. The molecule has 1 unspecified atom stereocenters. The maximum atomic E-state index is 11.3. The molecule has 16 heavy (non-hydrogen) atoms. The summed E-state index contributed by atoms with van der Waals surface area (Å²) in [6, 6.07) is 9.37. The number of nitrogens with zero attached hydrogens (tertiary/aromatic N) is 2. The molecule has 2 rings (SSSR count). The Morgan fingerprint density at radius 1 is 1.44 bits per heavy atom. The van der Waals surface area contributed by atoms with Crippen LogP contribution in [-0.2, 0) is 0 Å². The zero-order valence-electron chi connectivity index (χ0n) is 8.65. The minimum Gasteiger partial charge on any atom is -0.279 e. The van der Waals surface area contributed by atoms with E-state index in [1.165, 1.54) is 4.90 Å². The van der Waals surface area contributed by atoms with Crippen molar-refractivity contribution in [2.75, 3.05) is 6.54 Å². The van der Waals surface area contributed by atoms with Crippen LogP contribution in [0.1, 0.15) is 12.5 Å². The molecule has 1 atom stereocenters.